The number of hydrogen-bond acceptors (Lipinski definition) is 10. The van der Waals surface area contributed by atoms with Crippen LogP contribution in [0.4, 0.5) is 17.5 Å². The lowest BCUT2D eigenvalue weighted by Gasteiger charge is -2.29. The van der Waals surface area contributed by atoms with Crippen LogP contribution >= 0.6 is 0 Å². The number of nitrogens with zero attached hydrogens (tertiary/aromatic N) is 8. The van der Waals surface area contributed by atoms with Gasteiger partial charge in [-0.1, -0.05) is 6.92 Å². The van der Waals surface area contributed by atoms with Gasteiger partial charge in [0.2, 0.25) is 5.88 Å². The van der Waals surface area contributed by atoms with Crippen molar-refractivity contribution in [2.24, 2.45) is 13.0 Å². The van der Waals surface area contributed by atoms with Gasteiger partial charge in [0.1, 0.15) is 17.2 Å². The van der Waals surface area contributed by atoms with Crippen molar-refractivity contribution in [2.75, 3.05) is 29.9 Å². The first-order chi connectivity index (χ1) is 17.4. The summed E-state index contributed by atoms with van der Waals surface area (Å²) in [5, 5.41) is 32.6. The SMILES string of the molecule is CC1CCN(c2nn([C@@H](C)CCO)c3cc(Nc4ccnc(-c5cnn(C)c5O)n4)ncc23)CC1=O. The minimum absolute atomic E-state index is 0.0217. The minimum Gasteiger partial charge on any atom is -0.493 e. The molecule has 1 fully saturated rings. The molecule has 5 rings (SSSR count). The van der Waals surface area contributed by atoms with Gasteiger partial charge in [0.15, 0.2) is 17.4 Å². The summed E-state index contributed by atoms with van der Waals surface area (Å²) in [6.45, 7) is 5.08. The maximum Gasteiger partial charge on any atom is 0.220 e. The maximum absolute atomic E-state index is 12.4. The zero-order valence-electron chi connectivity index (χ0n) is 20.5. The van der Waals surface area contributed by atoms with E-state index >= 15 is 0 Å². The van der Waals surface area contributed by atoms with Crippen LogP contribution in [0.1, 0.15) is 32.7 Å². The number of ketones is 1. The van der Waals surface area contributed by atoms with Crippen molar-refractivity contribution in [3.05, 3.63) is 30.7 Å². The number of hydrogen-bond donors (Lipinski definition) is 3. The molecule has 0 aliphatic carbocycles. The van der Waals surface area contributed by atoms with E-state index in [2.05, 4.69) is 25.4 Å². The van der Waals surface area contributed by atoms with Crippen LogP contribution in [0.3, 0.4) is 0 Å². The Bertz CT molecular complexity index is 1410. The van der Waals surface area contributed by atoms with Gasteiger partial charge in [-0.05, 0) is 25.8 Å². The predicted molar refractivity (Wildman–Crippen MR) is 134 cm³/mol. The highest BCUT2D eigenvalue weighted by atomic mass is 16.3. The largest absolute Gasteiger partial charge is 0.493 e. The van der Waals surface area contributed by atoms with Gasteiger partial charge < -0.3 is 20.4 Å². The summed E-state index contributed by atoms with van der Waals surface area (Å²) in [6, 6.07) is 3.54. The summed E-state index contributed by atoms with van der Waals surface area (Å²) in [5.41, 5.74) is 1.27. The fourth-order valence-corrected chi connectivity index (χ4v) is 4.36. The topological polar surface area (TPSA) is 147 Å². The molecule has 4 aromatic rings. The van der Waals surface area contributed by atoms with Crippen LogP contribution in [0.5, 0.6) is 5.88 Å². The monoisotopic (exact) mass is 491 g/mol. The molecule has 0 radical (unpaired) electrons. The fraction of sp³-hybridized carbons (Fsp3) is 0.417. The van der Waals surface area contributed by atoms with E-state index in [-0.39, 0.29) is 30.2 Å². The Balaban J connectivity index is 1.49. The number of rotatable bonds is 7. The first kappa shape index (κ1) is 23.7. The minimum atomic E-state index is -0.0554. The number of aromatic nitrogens is 7. The lowest BCUT2D eigenvalue weighted by atomic mass is 9.98. The number of aliphatic hydroxyl groups is 1. The van der Waals surface area contributed by atoms with E-state index in [4.69, 9.17) is 5.10 Å². The summed E-state index contributed by atoms with van der Waals surface area (Å²) < 4.78 is 3.23. The number of aromatic hydroxyl groups is 1. The zero-order chi connectivity index (χ0) is 25.4. The van der Waals surface area contributed by atoms with Gasteiger partial charge in [0.25, 0.3) is 0 Å². The Morgan fingerprint density at radius 3 is 2.81 bits per heavy atom. The molecule has 188 valence electrons. The van der Waals surface area contributed by atoms with E-state index in [0.717, 1.165) is 29.7 Å². The van der Waals surface area contributed by atoms with E-state index in [1.807, 2.05) is 29.5 Å². The summed E-state index contributed by atoms with van der Waals surface area (Å²) in [6.07, 6.45) is 6.18. The van der Waals surface area contributed by atoms with E-state index in [9.17, 15) is 15.0 Å². The third-order valence-electron chi connectivity index (χ3n) is 6.62. The van der Waals surface area contributed by atoms with Gasteiger partial charge in [-0.3, -0.25) is 9.48 Å². The molecular weight excluding hydrogens is 462 g/mol. The maximum atomic E-state index is 12.4. The van der Waals surface area contributed by atoms with Crippen molar-refractivity contribution >= 4 is 34.1 Å². The van der Waals surface area contributed by atoms with Gasteiger partial charge in [0.05, 0.1) is 29.7 Å². The van der Waals surface area contributed by atoms with Crippen LogP contribution in [-0.2, 0) is 11.8 Å². The van der Waals surface area contributed by atoms with Crippen molar-refractivity contribution in [3.63, 3.8) is 0 Å². The smallest absolute Gasteiger partial charge is 0.220 e. The second-order valence-electron chi connectivity index (χ2n) is 9.19. The Morgan fingerprint density at radius 2 is 2.08 bits per heavy atom. The van der Waals surface area contributed by atoms with Crippen molar-refractivity contribution in [3.8, 4) is 17.3 Å². The molecule has 4 aromatic heterocycles. The number of anilines is 3. The lowest BCUT2D eigenvalue weighted by molar-refractivity contribution is -0.122. The van der Waals surface area contributed by atoms with Gasteiger partial charge in [-0.15, -0.1) is 0 Å². The molecule has 5 heterocycles. The van der Waals surface area contributed by atoms with E-state index in [0.29, 0.717) is 36.0 Å². The summed E-state index contributed by atoms with van der Waals surface area (Å²) in [5.74, 6) is 2.35. The average Bonchev–Trinajstić information content (AvgIpc) is 3.41. The van der Waals surface area contributed by atoms with Crippen LogP contribution in [0.15, 0.2) is 30.7 Å². The van der Waals surface area contributed by atoms with Crippen molar-refractivity contribution in [1.29, 1.82) is 0 Å². The number of aliphatic hydroxyl groups excluding tert-OH is 1. The van der Waals surface area contributed by atoms with Crippen LogP contribution in [0.25, 0.3) is 22.3 Å². The number of piperidine rings is 1. The van der Waals surface area contributed by atoms with Crippen LogP contribution in [-0.4, -0.2) is 70.2 Å². The first-order valence-electron chi connectivity index (χ1n) is 11.9. The Labute approximate surface area is 207 Å². The number of carbonyl (C=O) groups excluding carboxylic acids is 1. The molecule has 0 saturated carbocycles. The lowest BCUT2D eigenvalue weighted by Crippen LogP contribution is -2.40. The number of pyridine rings is 1. The zero-order valence-corrected chi connectivity index (χ0v) is 20.5. The molecule has 0 amide bonds. The number of Topliss-reactive ketones (excluding diaryl/α,β-unsaturated/α-hetero) is 1. The molecule has 1 saturated heterocycles. The highest BCUT2D eigenvalue weighted by Gasteiger charge is 2.28. The summed E-state index contributed by atoms with van der Waals surface area (Å²) in [4.78, 5) is 27.7. The van der Waals surface area contributed by atoms with Gasteiger partial charge in [-0.25, -0.2) is 19.6 Å². The third kappa shape index (κ3) is 4.35. The first-order valence-corrected chi connectivity index (χ1v) is 11.9. The van der Waals surface area contributed by atoms with Gasteiger partial charge in [0, 0.05) is 44.6 Å². The Hall–Kier alpha value is -4.06. The van der Waals surface area contributed by atoms with Crippen LogP contribution in [0, 0.1) is 5.92 Å². The van der Waals surface area contributed by atoms with Crippen LogP contribution < -0.4 is 10.2 Å². The highest BCUT2D eigenvalue weighted by Crippen LogP contribution is 2.33. The number of aryl methyl sites for hydroxylation is 1. The molecule has 2 atom stereocenters. The second-order valence-corrected chi connectivity index (χ2v) is 9.19. The quantitative estimate of drug-likeness (QED) is 0.352. The highest BCUT2D eigenvalue weighted by molar-refractivity contribution is 5.95. The Morgan fingerprint density at radius 1 is 1.25 bits per heavy atom. The van der Waals surface area contributed by atoms with Crippen molar-refractivity contribution < 1.29 is 15.0 Å². The number of carbonyl (C=O) groups is 1. The van der Waals surface area contributed by atoms with Crippen molar-refractivity contribution in [2.45, 2.75) is 32.7 Å². The normalized spacial score (nSPS) is 17.1. The third-order valence-corrected chi connectivity index (χ3v) is 6.62. The van der Waals surface area contributed by atoms with Gasteiger partial charge >= 0.3 is 0 Å². The molecule has 1 unspecified atom stereocenters. The number of fused-ring (bicyclic) bond motifs is 1. The van der Waals surface area contributed by atoms with Crippen molar-refractivity contribution in [1.82, 2.24) is 34.5 Å². The number of nitrogens with one attached hydrogen (secondary N) is 1. The molecule has 1 aliphatic heterocycles. The molecule has 3 N–H and O–H groups in total. The summed E-state index contributed by atoms with van der Waals surface area (Å²) in [7, 11) is 1.63. The summed E-state index contributed by atoms with van der Waals surface area (Å²) >= 11 is 0. The fourth-order valence-electron chi connectivity index (χ4n) is 4.36. The second kappa shape index (κ2) is 9.53. The molecule has 0 aromatic carbocycles. The average molecular weight is 492 g/mol. The molecule has 0 bridgehead atoms. The molecule has 0 spiro atoms. The molecule has 12 nitrogen and oxygen atoms in total. The van der Waals surface area contributed by atoms with E-state index in [1.165, 1.54) is 10.9 Å². The van der Waals surface area contributed by atoms with Crippen LogP contribution in [0.2, 0.25) is 0 Å². The molecule has 12 heteroatoms. The molecule has 36 heavy (non-hydrogen) atoms. The van der Waals surface area contributed by atoms with E-state index in [1.54, 1.807) is 25.5 Å². The van der Waals surface area contributed by atoms with E-state index < -0.39 is 0 Å². The molecular formula is C24H29N9O3. The van der Waals surface area contributed by atoms with Gasteiger partial charge in [-0.2, -0.15) is 10.2 Å². The Kier molecular flexibility index (Phi) is 6.27. The standard InChI is InChI=1S/C24H29N9O3/c1-14-5-8-32(13-19(14)35)23-16-11-26-21(10-18(16)33(30-23)15(2)6-9-34)28-20-4-7-25-22(29-20)17-12-27-31(3)24(17)36/h4,7,10-12,14-15,34,36H,5-6,8-9,13H2,1-3H3,(H,25,26,28,29)/t14?,15-/m0/s1. The predicted octanol–water partition coefficient (Wildman–Crippen LogP) is 2.43. The molecule has 1 aliphatic rings.